The van der Waals surface area contributed by atoms with Gasteiger partial charge in [0.2, 0.25) is 0 Å². The molecule has 2 aromatic rings. The van der Waals surface area contributed by atoms with E-state index in [1.165, 1.54) is 0 Å². The van der Waals surface area contributed by atoms with Crippen LogP contribution in [0.2, 0.25) is 0 Å². The number of carbonyl (C=O) groups excluding carboxylic acids is 3. The molecule has 0 saturated carbocycles. The van der Waals surface area contributed by atoms with Crippen molar-refractivity contribution in [2.24, 2.45) is 0 Å². The molecule has 0 saturated heterocycles. The number of para-hydroxylation sites is 1. The standard InChI is InChI=1S/C20H19NO6/c1-2-25-19(23)12-13-20(24)26-14-18(22)21-15-8-10-17(11-9-15)27-16-6-4-3-5-7-16/h3-13H,2,14H2,1H3,(H,21,22)/b13-12+. The van der Waals surface area contributed by atoms with E-state index in [0.717, 1.165) is 12.2 Å². The van der Waals surface area contributed by atoms with Crippen molar-refractivity contribution in [1.82, 2.24) is 0 Å². The zero-order valence-corrected chi connectivity index (χ0v) is 14.7. The number of anilines is 1. The van der Waals surface area contributed by atoms with Gasteiger partial charge in [-0.05, 0) is 43.3 Å². The molecule has 0 aromatic heterocycles. The van der Waals surface area contributed by atoms with Crippen LogP contribution in [0.3, 0.4) is 0 Å². The van der Waals surface area contributed by atoms with Gasteiger partial charge in [0.1, 0.15) is 11.5 Å². The Bertz CT molecular complexity index is 799. The highest BCUT2D eigenvalue weighted by atomic mass is 16.5. The number of ether oxygens (including phenoxy) is 3. The third kappa shape index (κ3) is 7.43. The van der Waals surface area contributed by atoms with Gasteiger partial charge >= 0.3 is 11.9 Å². The van der Waals surface area contributed by atoms with E-state index < -0.39 is 24.5 Å². The number of rotatable bonds is 8. The van der Waals surface area contributed by atoms with Crippen LogP contribution in [0, 0.1) is 0 Å². The summed E-state index contributed by atoms with van der Waals surface area (Å²) in [5, 5.41) is 2.59. The molecule has 0 fully saturated rings. The largest absolute Gasteiger partial charge is 0.463 e. The lowest BCUT2D eigenvalue weighted by Crippen LogP contribution is -2.20. The Morgan fingerprint density at radius 2 is 1.44 bits per heavy atom. The molecule has 0 aliphatic rings. The highest BCUT2D eigenvalue weighted by Crippen LogP contribution is 2.22. The maximum absolute atomic E-state index is 11.8. The highest BCUT2D eigenvalue weighted by Gasteiger charge is 2.07. The Morgan fingerprint density at radius 1 is 0.852 bits per heavy atom. The Morgan fingerprint density at radius 3 is 2.07 bits per heavy atom. The van der Waals surface area contributed by atoms with Crippen molar-refractivity contribution in [3.63, 3.8) is 0 Å². The third-order valence-corrected chi connectivity index (χ3v) is 3.10. The molecular weight excluding hydrogens is 350 g/mol. The van der Waals surface area contributed by atoms with E-state index in [2.05, 4.69) is 10.1 Å². The SMILES string of the molecule is CCOC(=O)/C=C/C(=O)OCC(=O)Nc1ccc(Oc2ccccc2)cc1. The smallest absolute Gasteiger partial charge is 0.331 e. The van der Waals surface area contributed by atoms with Crippen molar-refractivity contribution < 1.29 is 28.6 Å². The van der Waals surface area contributed by atoms with Crippen molar-refractivity contribution in [3.05, 3.63) is 66.7 Å². The Kier molecular flexibility index (Phi) is 7.59. The maximum atomic E-state index is 11.8. The zero-order valence-electron chi connectivity index (χ0n) is 14.7. The van der Waals surface area contributed by atoms with E-state index in [0.29, 0.717) is 17.2 Å². The molecule has 0 aliphatic carbocycles. The van der Waals surface area contributed by atoms with Crippen LogP contribution in [0.15, 0.2) is 66.7 Å². The third-order valence-electron chi connectivity index (χ3n) is 3.10. The fourth-order valence-electron chi connectivity index (χ4n) is 1.94. The van der Waals surface area contributed by atoms with Crippen LogP contribution >= 0.6 is 0 Å². The summed E-state index contributed by atoms with van der Waals surface area (Å²) in [6.07, 6.45) is 1.84. The van der Waals surface area contributed by atoms with Gasteiger partial charge in [-0.3, -0.25) is 4.79 Å². The molecular formula is C20H19NO6. The molecule has 0 aliphatic heterocycles. The minimum Gasteiger partial charge on any atom is -0.463 e. The molecule has 2 rings (SSSR count). The topological polar surface area (TPSA) is 90.9 Å². The second-order valence-electron chi connectivity index (χ2n) is 5.18. The Hall–Kier alpha value is -3.61. The van der Waals surface area contributed by atoms with Gasteiger partial charge in [0.25, 0.3) is 5.91 Å². The van der Waals surface area contributed by atoms with Crippen LogP contribution < -0.4 is 10.1 Å². The van der Waals surface area contributed by atoms with Crippen LogP contribution in [0.4, 0.5) is 5.69 Å². The van der Waals surface area contributed by atoms with Crippen molar-refractivity contribution in [1.29, 1.82) is 0 Å². The van der Waals surface area contributed by atoms with E-state index in [-0.39, 0.29) is 6.61 Å². The molecule has 2 aromatic carbocycles. The molecule has 0 bridgehead atoms. The van der Waals surface area contributed by atoms with Gasteiger partial charge in [0.15, 0.2) is 6.61 Å². The lowest BCUT2D eigenvalue weighted by Gasteiger charge is -2.08. The van der Waals surface area contributed by atoms with Crippen molar-refractivity contribution in [2.45, 2.75) is 6.92 Å². The van der Waals surface area contributed by atoms with Gasteiger partial charge in [-0.15, -0.1) is 0 Å². The summed E-state index contributed by atoms with van der Waals surface area (Å²) in [4.78, 5) is 34.3. The highest BCUT2D eigenvalue weighted by molar-refractivity contribution is 5.95. The molecule has 0 radical (unpaired) electrons. The number of nitrogens with one attached hydrogen (secondary N) is 1. The predicted octanol–water partition coefficient (Wildman–Crippen LogP) is 3.08. The molecule has 0 unspecified atom stereocenters. The fraction of sp³-hybridized carbons (Fsp3) is 0.150. The summed E-state index contributed by atoms with van der Waals surface area (Å²) >= 11 is 0. The van der Waals surface area contributed by atoms with Gasteiger partial charge in [-0.25, -0.2) is 9.59 Å². The number of hydrogen-bond acceptors (Lipinski definition) is 6. The predicted molar refractivity (Wildman–Crippen MR) is 98.3 cm³/mol. The molecule has 0 heterocycles. The first-order valence-electron chi connectivity index (χ1n) is 8.21. The first-order chi connectivity index (χ1) is 13.1. The van der Waals surface area contributed by atoms with E-state index in [4.69, 9.17) is 9.47 Å². The van der Waals surface area contributed by atoms with Gasteiger partial charge in [-0.1, -0.05) is 18.2 Å². The van der Waals surface area contributed by atoms with Crippen LogP contribution in [0.1, 0.15) is 6.92 Å². The van der Waals surface area contributed by atoms with E-state index in [1.807, 2.05) is 30.3 Å². The lowest BCUT2D eigenvalue weighted by molar-refractivity contribution is -0.143. The van der Waals surface area contributed by atoms with Crippen molar-refractivity contribution in [2.75, 3.05) is 18.5 Å². The first-order valence-corrected chi connectivity index (χ1v) is 8.21. The van der Waals surface area contributed by atoms with Crippen LogP contribution in [-0.2, 0) is 23.9 Å². The summed E-state index contributed by atoms with van der Waals surface area (Å²) in [6, 6.07) is 16.0. The zero-order chi connectivity index (χ0) is 19.5. The summed E-state index contributed by atoms with van der Waals surface area (Å²) in [5.41, 5.74) is 0.526. The summed E-state index contributed by atoms with van der Waals surface area (Å²) in [7, 11) is 0. The number of amides is 1. The molecule has 140 valence electrons. The second-order valence-corrected chi connectivity index (χ2v) is 5.18. The summed E-state index contributed by atoms with van der Waals surface area (Å²) in [5.74, 6) is -0.655. The fourth-order valence-corrected chi connectivity index (χ4v) is 1.94. The second kappa shape index (κ2) is 10.4. The van der Waals surface area contributed by atoms with E-state index in [1.54, 1.807) is 31.2 Å². The molecule has 0 atom stereocenters. The van der Waals surface area contributed by atoms with E-state index in [9.17, 15) is 14.4 Å². The van der Waals surface area contributed by atoms with Crippen LogP contribution in [-0.4, -0.2) is 31.1 Å². The van der Waals surface area contributed by atoms with Crippen molar-refractivity contribution >= 4 is 23.5 Å². The normalized spacial score (nSPS) is 10.3. The minimum atomic E-state index is -0.815. The summed E-state index contributed by atoms with van der Waals surface area (Å²) < 4.78 is 15.0. The molecule has 7 heteroatoms. The first kappa shape index (κ1) is 19.7. The van der Waals surface area contributed by atoms with Gasteiger partial charge in [0, 0.05) is 17.8 Å². The molecule has 7 nitrogen and oxygen atoms in total. The van der Waals surface area contributed by atoms with Crippen LogP contribution in [0.25, 0.3) is 0 Å². The van der Waals surface area contributed by atoms with Gasteiger partial charge in [0.05, 0.1) is 6.61 Å². The van der Waals surface area contributed by atoms with Crippen LogP contribution in [0.5, 0.6) is 11.5 Å². The lowest BCUT2D eigenvalue weighted by atomic mass is 10.3. The summed E-state index contributed by atoms with van der Waals surface area (Å²) in [6.45, 7) is 1.37. The van der Waals surface area contributed by atoms with E-state index >= 15 is 0 Å². The average Bonchev–Trinajstić information content (AvgIpc) is 2.67. The minimum absolute atomic E-state index is 0.204. The number of carbonyl (C=O) groups is 3. The Labute approximate surface area is 156 Å². The number of hydrogen-bond donors (Lipinski definition) is 1. The van der Waals surface area contributed by atoms with Crippen molar-refractivity contribution in [3.8, 4) is 11.5 Å². The number of benzene rings is 2. The monoisotopic (exact) mass is 369 g/mol. The Balaban J connectivity index is 1.77. The number of esters is 2. The molecule has 27 heavy (non-hydrogen) atoms. The van der Waals surface area contributed by atoms with Gasteiger partial charge in [-0.2, -0.15) is 0 Å². The molecule has 1 amide bonds. The molecule has 1 N–H and O–H groups in total. The molecule has 0 spiro atoms. The van der Waals surface area contributed by atoms with Gasteiger partial charge < -0.3 is 19.5 Å². The quantitative estimate of drug-likeness (QED) is 0.568. The maximum Gasteiger partial charge on any atom is 0.331 e. The average molecular weight is 369 g/mol.